The predicted molar refractivity (Wildman–Crippen MR) is 85.0 cm³/mol. The topological polar surface area (TPSA) is 72.7 Å². The molecule has 0 fully saturated rings. The normalized spacial score (nSPS) is 12.1. The molecule has 1 unspecified atom stereocenters. The molecule has 1 aromatic carbocycles. The zero-order valence-corrected chi connectivity index (χ0v) is 13.2. The number of carbonyl (C=O) groups is 1. The largest absolute Gasteiger partial charge is 0.352 e. The Morgan fingerprint density at radius 1 is 1.27 bits per heavy atom. The minimum Gasteiger partial charge on any atom is -0.352 e. The first-order chi connectivity index (χ1) is 10.7. The number of unbranched alkanes of at least 4 members (excludes halogenated alkanes) is 2. The highest BCUT2D eigenvalue weighted by Crippen LogP contribution is 2.11. The molecule has 2 rings (SSSR count). The number of aromatic nitrogens is 4. The van der Waals surface area contributed by atoms with Crippen LogP contribution in [0.25, 0.3) is 11.4 Å². The van der Waals surface area contributed by atoms with E-state index in [1.54, 1.807) is 0 Å². The van der Waals surface area contributed by atoms with E-state index in [1.807, 2.05) is 37.3 Å². The summed E-state index contributed by atoms with van der Waals surface area (Å²) in [5, 5.41) is 15.1. The van der Waals surface area contributed by atoms with Gasteiger partial charge in [0.1, 0.15) is 6.54 Å². The zero-order chi connectivity index (χ0) is 15.8. The van der Waals surface area contributed by atoms with E-state index < -0.39 is 0 Å². The fourth-order valence-corrected chi connectivity index (χ4v) is 2.23. The summed E-state index contributed by atoms with van der Waals surface area (Å²) in [4.78, 5) is 13.3. The summed E-state index contributed by atoms with van der Waals surface area (Å²) in [6.07, 6.45) is 4.52. The third-order valence-corrected chi connectivity index (χ3v) is 3.42. The fourth-order valence-electron chi connectivity index (χ4n) is 2.23. The predicted octanol–water partition coefficient (Wildman–Crippen LogP) is 2.43. The molecule has 1 amide bonds. The maximum Gasteiger partial charge on any atom is 0.243 e. The molecule has 0 saturated heterocycles. The van der Waals surface area contributed by atoms with E-state index in [1.165, 1.54) is 17.6 Å². The van der Waals surface area contributed by atoms with Crippen molar-refractivity contribution < 1.29 is 4.79 Å². The molecule has 1 atom stereocenters. The van der Waals surface area contributed by atoms with Gasteiger partial charge in [0, 0.05) is 11.6 Å². The van der Waals surface area contributed by atoms with Crippen molar-refractivity contribution in [2.45, 2.75) is 52.1 Å². The Morgan fingerprint density at radius 3 is 2.77 bits per heavy atom. The molecular weight excluding hydrogens is 278 g/mol. The Morgan fingerprint density at radius 2 is 2.05 bits per heavy atom. The van der Waals surface area contributed by atoms with Gasteiger partial charge in [-0.25, -0.2) is 0 Å². The van der Waals surface area contributed by atoms with Crippen LogP contribution in [0, 0.1) is 0 Å². The number of carbonyl (C=O) groups excluding carboxylic acids is 1. The van der Waals surface area contributed by atoms with Gasteiger partial charge < -0.3 is 5.32 Å². The Hall–Kier alpha value is -2.24. The number of nitrogens with zero attached hydrogens (tertiary/aromatic N) is 4. The monoisotopic (exact) mass is 301 g/mol. The summed E-state index contributed by atoms with van der Waals surface area (Å²) in [6.45, 7) is 4.29. The van der Waals surface area contributed by atoms with Crippen LogP contribution in [0.15, 0.2) is 30.3 Å². The first-order valence-corrected chi connectivity index (χ1v) is 7.81. The van der Waals surface area contributed by atoms with Gasteiger partial charge in [-0.1, -0.05) is 56.5 Å². The molecule has 6 nitrogen and oxygen atoms in total. The summed E-state index contributed by atoms with van der Waals surface area (Å²) in [7, 11) is 0. The van der Waals surface area contributed by atoms with Crippen LogP contribution in [0.2, 0.25) is 0 Å². The molecule has 1 N–H and O–H groups in total. The van der Waals surface area contributed by atoms with Crippen LogP contribution < -0.4 is 5.32 Å². The molecule has 0 aliphatic heterocycles. The number of tetrazole rings is 1. The first-order valence-electron chi connectivity index (χ1n) is 7.81. The average Bonchev–Trinajstić information content (AvgIpc) is 2.96. The Labute approximate surface area is 130 Å². The third-order valence-electron chi connectivity index (χ3n) is 3.42. The number of hydrogen-bond acceptors (Lipinski definition) is 4. The van der Waals surface area contributed by atoms with E-state index in [9.17, 15) is 4.79 Å². The second kappa shape index (κ2) is 8.26. The highest BCUT2D eigenvalue weighted by molar-refractivity contribution is 5.75. The zero-order valence-electron chi connectivity index (χ0n) is 13.2. The third kappa shape index (κ3) is 4.95. The molecule has 0 aliphatic carbocycles. The van der Waals surface area contributed by atoms with E-state index in [2.05, 4.69) is 27.7 Å². The van der Waals surface area contributed by atoms with Gasteiger partial charge in [0.05, 0.1) is 0 Å². The Balaban J connectivity index is 1.83. The van der Waals surface area contributed by atoms with Crippen molar-refractivity contribution in [2.75, 3.05) is 0 Å². The molecule has 0 aliphatic rings. The molecule has 1 aromatic heterocycles. The van der Waals surface area contributed by atoms with Gasteiger partial charge in [0.25, 0.3) is 0 Å². The van der Waals surface area contributed by atoms with Crippen LogP contribution in [-0.4, -0.2) is 32.2 Å². The van der Waals surface area contributed by atoms with Crippen molar-refractivity contribution in [3.63, 3.8) is 0 Å². The van der Waals surface area contributed by atoms with Crippen molar-refractivity contribution >= 4 is 5.91 Å². The second-order valence-corrected chi connectivity index (χ2v) is 5.47. The highest BCUT2D eigenvalue weighted by Gasteiger charge is 2.11. The van der Waals surface area contributed by atoms with Gasteiger partial charge >= 0.3 is 0 Å². The lowest BCUT2D eigenvalue weighted by atomic mass is 10.1. The van der Waals surface area contributed by atoms with Gasteiger partial charge in [0.2, 0.25) is 11.7 Å². The van der Waals surface area contributed by atoms with Gasteiger partial charge in [0.15, 0.2) is 0 Å². The van der Waals surface area contributed by atoms with Crippen LogP contribution >= 0.6 is 0 Å². The standard InChI is InChI=1S/C16H23N5O/c1-3-4-6-9-13(2)17-15(22)12-21-19-16(18-20-21)14-10-7-5-8-11-14/h5,7-8,10-11,13H,3-4,6,9,12H2,1-2H3,(H,17,22). The second-order valence-electron chi connectivity index (χ2n) is 5.47. The van der Waals surface area contributed by atoms with Gasteiger partial charge in [-0.15, -0.1) is 10.2 Å². The van der Waals surface area contributed by atoms with Crippen molar-refractivity contribution in [2.24, 2.45) is 0 Å². The van der Waals surface area contributed by atoms with Crippen LogP contribution in [0.5, 0.6) is 0 Å². The van der Waals surface area contributed by atoms with E-state index in [0.29, 0.717) is 5.82 Å². The fraction of sp³-hybridized carbons (Fsp3) is 0.500. The Kier molecular flexibility index (Phi) is 6.06. The van der Waals surface area contributed by atoms with E-state index >= 15 is 0 Å². The molecule has 0 radical (unpaired) electrons. The molecular formula is C16H23N5O. The minimum atomic E-state index is -0.0824. The summed E-state index contributed by atoms with van der Waals surface area (Å²) in [5.41, 5.74) is 0.891. The number of benzene rings is 1. The highest BCUT2D eigenvalue weighted by atomic mass is 16.2. The summed E-state index contributed by atoms with van der Waals surface area (Å²) >= 11 is 0. The smallest absolute Gasteiger partial charge is 0.243 e. The molecule has 118 valence electrons. The van der Waals surface area contributed by atoms with Crippen molar-refractivity contribution in [3.8, 4) is 11.4 Å². The van der Waals surface area contributed by atoms with Crippen LogP contribution in [0.3, 0.4) is 0 Å². The van der Waals surface area contributed by atoms with Gasteiger partial charge in [-0.2, -0.15) is 4.80 Å². The SMILES string of the molecule is CCCCCC(C)NC(=O)Cn1nnc(-c2ccccc2)n1. The Bertz CT molecular complexity index is 581. The van der Waals surface area contributed by atoms with Crippen molar-refractivity contribution in [1.29, 1.82) is 0 Å². The quantitative estimate of drug-likeness (QED) is 0.760. The minimum absolute atomic E-state index is 0.0824. The maximum absolute atomic E-state index is 12.0. The molecule has 1 heterocycles. The number of nitrogens with one attached hydrogen (secondary N) is 1. The van der Waals surface area contributed by atoms with Gasteiger partial charge in [-0.3, -0.25) is 4.79 Å². The molecule has 6 heteroatoms. The van der Waals surface area contributed by atoms with Crippen molar-refractivity contribution in [3.05, 3.63) is 30.3 Å². The summed E-state index contributed by atoms with van der Waals surface area (Å²) < 4.78 is 0. The molecule has 2 aromatic rings. The molecule has 0 spiro atoms. The average molecular weight is 301 g/mol. The first kappa shape index (κ1) is 16.1. The molecule has 0 bridgehead atoms. The number of hydrogen-bond donors (Lipinski definition) is 1. The number of amides is 1. The number of rotatable bonds is 8. The van der Waals surface area contributed by atoms with Gasteiger partial charge in [-0.05, 0) is 18.6 Å². The molecule has 22 heavy (non-hydrogen) atoms. The van der Waals surface area contributed by atoms with E-state index in [4.69, 9.17) is 0 Å². The van der Waals surface area contributed by atoms with Crippen molar-refractivity contribution in [1.82, 2.24) is 25.5 Å². The van der Waals surface area contributed by atoms with Crippen LogP contribution in [0.4, 0.5) is 0 Å². The maximum atomic E-state index is 12.0. The lowest BCUT2D eigenvalue weighted by Crippen LogP contribution is -2.35. The van der Waals surface area contributed by atoms with E-state index in [0.717, 1.165) is 18.4 Å². The summed E-state index contributed by atoms with van der Waals surface area (Å²) in [6, 6.07) is 9.77. The summed E-state index contributed by atoms with van der Waals surface area (Å²) in [5.74, 6) is 0.449. The van der Waals surface area contributed by atoms with E-state index in [-0.39, 0.29) is 18.5 Å². The molecule has 0 saturated carbocycles. The van der Waals surface area contributed by atoms with Crippen LogP contribution in [0.1, 0.15) is 39.5 Å². The lowest BCUT2D eigenvalue weighted by Gasteiger charge is -2.12. The van der Waals surface area contributed by atoms with Crippen LogP contribution in [-0.2, 0) is 11.3 Å². The lowest BCUT2D eigenvalue weighted by molar-refractivity contribution is -0.122.